The zero-order chi connectivity index (χ0) is 15.1. The number of amides is 1. The Morgan fingerprint density at radius 3 is 2.86 bits per heavy atom. The van der Waals surface area contributed by atoms with Crippen molar-refractivity contribution in [3.63, 3.8) is 0 Å². The smallest absolute Gasteiger partial charge is 0.220 e. The van der Waals surface area contributed by atoms with E-state index in [-0.39, 0.29) is 18.3 Å². The number of rotatable bonds is 7. The van der Waals surface area contributed by atoms with Crippen molar-refractivity contribution in [1.29, 1.82) is 0 Å². The molecular weight excluding hydrogens is 343 g/mol. The molecule has 0 radical (unpaired) electrons. The van der Waals surface area contributed by atoms with Gasteiger partial charge in [-0.15, -0.1) is 12.4 Å². The molecule has 1 saturated heterocycles. The summed E-state index contributed by atoms with van der Waals surface area (Å²) in [6.45, 7) is 2.84. The van der Waals surface area contributed by atoms with Gasteiger partial charge in [0.25, 0.3) is 0 Å². The molecular formula is C16H23Cl3N2O. The number of hydrogen-bond donors (Lipinski definition) is 2. The third kappa shape index (κ3) is 6.74. The minimum absolute atomic E-state index is 0. The molecule has 6 heteroatoms. The van der Waals surface area contributed by atoms with Crippen LogP contribution in [0.25, 0.3) is 0 Å². The molecule has 1 fully saturated rings. The van der Waals surface area contributed by atoms with Crippen molar-refractivity contribution in [1.82, 2.24) is 10.6 Å². The normalized spacial score (nSPS) is 17.1. The van der Waals surface area contributed by atoms with Crippen molar-refractivity contribution < 1.29 is 4.79 Å². The van der Waals surface area contributed by atoms with E-state index in [2.05, 4.69) is 10.6 Å². The molecule has 2 rings (SSSR count). The second-order valence-electron chi connectivity index (χ2n) is 5.59. The van der Waals surface area contributed by atoms with Crippen LogP contribution in [0.3, 0.4) is 0 Å². The maximum Gasteiger partial charge on any atom is 0.220 e. The molecule has 22 heavy (non-hydrogen) atoms. The summed E-state index contributed by atoms with van der Waals surface area (Å²) in [6.07, 6.45) is 4.55. The first kappa shape index (κ1) is 19.6. The van der Waals surface area contributed by atoms with E-state index in [0.29, 0.717) is 28.9 Å². The molecule has 2 N–H and O–H groups in total. The number of nitrogens with one attached hydrogen (secondary N) is 2. The van der Waals surface area contributed by atoms with Crippen molar-refractivity contribution in [2.45, 2.75) is 32.1 Å². The Morgan fingerprint density at radius 1 is 1.36 bits per heavy atom. The molecule has 1 heterocycles. The maximum absolute atomic E-state index is 11.7. The molecule has 0 bridgehead atoms. The highest BCUT2D eigenvalue weighted by molar-refractivity contribution is 6.35. The van der Waals surface area contributed by atoms with E-state index in [1.165, 1.54) is 6.42 Å². The van der Waals surface area contributed by atoms with E-state index in [1.54, 1.807) is 6.07 Å². The fraction of sp³-hybridized carbons (Fsp3) is 0.562. The van der Waals surface area contributed by atoms with Crippen molar-refractivity contribution >= 4 is 41.5 Å². The quantitative estimate of drug-likeness (QED) is 0.721. The Kier molecular flexibility index (Phi) is 9.18. The van der Waals surface area contributed by atoms with Gasteiger partial charge in [-0.25, -0.2) is 0 Å². The first-order valence-electron chi connectivity index (χ1n) is 7.56. The predicted molar refractivity (Wildman–Crippen MR) is 95.3 cm³/mol. The Hall–Kier alpha value is -0.480. The van der Waals surface area contributed by atoms with Crippen LogP contribution in [0.1, 0.15) is 31.2 Å². The molecule has 1 aromatic rings. The summed E-state index contributed by atoms with van der Waals surface area (Å²) >= 11 is 12.0. The number of carbonyl (C=O) groups excluding carboxylic acids is 1. The van der Waals surface area contributed by atoms with Gasteiger partial charge in [0.1, 0.15) is 0 Å². The highest BCUT2D eigenvalue weighted by Crippen LogP contribution is 2.21. The molecule has 1 aromatic carbocycles. The van der Waals surface area contributed by atoms with E-state index in [0.717, 1.165) is 37.9 Å². The monoisotopic (exact) mass is 364 g/mol. The molecule has 0 aliphatic carbocycles. The number of hydrogen-bond acceptors (Lipinski definition) is 2. The molecule has 1 atom stereocenters. The van der Waals surface area contributed by atoms with Crippen LogP contribution in [-0.2, 0) is 11.2 Å². The van der Waals surface area contributed by atoms with E-state index in [9.17, 15) is 4.79 Å². The van der Waals surface area contributed by atoms with Gasteiger partial charge in [0.15, 0.2) is 0 Å². The van der Waals surface area contributed by atoms with Crippen LogP contribution in [0.15, 0.2) is 18.2 Å². The van der Waals surface area contributed by atoms with E-state index < -0.39 is 0 Å². The topological polar surface area (TPSA) is 41.1 Å². The standard InChI is InChI=1S/C16H22Cl2N2O.ClH/c17-14-5-4-13(15(18)10-14)2-1-8-20-16(21)6-3-12-7-9-19-11-12;/h4-5,10,12,19H,1-3,6-9,11H2,(H,20,21);1H. The Balaban J connectivity index is 0.00000242. The molecule has 3 nitrogen and oxygen atoms in total. The van der Waals surface area contributed by atoms with Crippen LogP contribution in [0.4, 0.5) is 0 Å². The van der Waals surface area contributed by atoms with Gasteiger partial charge in [-0.05, 0) is 62.4 Å². The average Bonchev–Trinajstić information content (AvgIpc) is 2.96. The molecule has 0 spiro atoms. The lowest BCUT2D eigenvalue weighted by Gasteiger charge is -2.09. The van der Waals surface area contributed by atoms with Crippen LogP contribution in [0, 0.1) is 5.92 Å². The summed E-state index contributed by atoms with van der Waals surface area (Å²) < 4.78 is 0. The lowest BCUT2D eigenvalue weighted by molar-refractivity contribution is -0.121. The molecule has 124 valence electrons. The Morgan fingerprint density at radius 2 is 2.18 bits per heavy atom. The highest BCUT2D eigenvalue weighted by Gasteiger charge is 2.15. The summed E-state index contributed by atoms with van der Waals surface area (Å²) in [5.41, 5.74) is 1.08. The van der Waals surface area contributed by atoms with Crippen molar-refractivity contribution in [3.8, 4) is 0 Å². The van der Waals surface area contributed by atoms with E-state index >= 15 is 0 Å². The van der Waals surface area contributed by atoms with E-state index in [4.69, 9.17) is 23.2 Å². The summed E-state index contributed by atoms with van der Waals surface area (Å²) in [5, 5.41) is 7.65. The highest BCUT2D eigenvalue weighted by atomic mass is 35.5. The molecule has 1 aliphatic rings. The third-order valence-electron chi connectivity index (χ3n) is 3.90. The van der Waals surface area contributed by atoms with Gasteiger partial charge in [0.2, 0.25) is 5.91 Å². The zero-order valence-corrected chi connectivity index (χ0v) is 14.9. The number of halogens is 3. The van der Waals surface area contributed by atoms with Crippen LogP contribution in [0.2, 0.25) is 10.0 Å². The van der Waals surface area contributed by atoms with E-state index in [1.807, 2.05) is 12.1 Å². The summed E-state index contributed by atoms with van der Waals surface area (Å²) in [6, 6.07) is 5.54. The van der Waals surface area contributed by atoms with Crippen molar-refractivity contribution in [2.24, 2.45) is 5.92 Å². The predicted octanol–water partition coefficient (Wildman–Crippen LogP) is 3.85. The van der Waals surface area contributed by atoms with Gasteiger partial charge in [0.05, 0.1) is 0 Å². The lowest BCUT2D eigenvalue weighted by atomic mass is 10.0. The molecule has 1 unspecified atom stereocenters. The first-order chi connectivity index (χ1) is 10.1. The first-order valence-corrected chi connectivity index (χ1v) is 8.32. The number of aryl methyl sites for hydroxylation is 1. The van der Waals surface area contributed by atoms with Gasteiger partial charge in [0, 0.05) is 23.0 Å². The largest absolute Gasteiger partial charge is 0.356 e. The van der Waals surface area contributed by atoms with Crippen molar-refractivity contribution in [2.75, 3.05) is 19.6 Å². The van der Waals surface area contributed by atoms with Crippen LogP contribution >= 0.6 is 35.6 Å². The van der Waals surface area contributed by atoms with Gasteiger partial charge in [-0.3, -0.25) is 4.79 Å². The van der Waals surface area contributed by atoms with Gasteiger partial charge >= 0.3 is 0 Å². The minimum atomic E-state index is 0. The van der Waals surface area contributed by atoms with Crippen molar-refractivity contribution in [3.05, 3.63) is 33.8 Å². The summed E-state index contributed by atoms with van der Waals surface area (Å²) in [5.74, 6) is 0.827. The number of carbonyl (C=O) groups is 1. The molecule has 0 saturated carbocycles. The van der Waals surface area contributed by atoms with Crippen LogP contribution in [-0.4, -0.2) is 25.5 Å². The average molecular weight is 366 g/mol. The van der Waals surface area contributed by atoms with Crippen LogP contribution < -0.4 is 10.6 Å². The molecule has 1 amide bonds. The second-order valence-corrected chi connectivity index (χ2v) is 6.43. The lowest BCUT2D eigenvalue weighted by Crippen LogP contribution is -2.25. The van der Waals surface area contributed by atoms with Gasteiger partial charge in [-0.2, -0.15) is 0 Å². The number of benzene rings is 1. The fourth-order valence-electron chi connectivity index (χ4n) is 2.62. The summed E-state index contributed by atoms with van der Waals surface area (Å²) in [4.78, 5) is 11.7. The Bertz CT molecular complexity index is 476. The maximum atomic E-state index is 11.7. The fourth-order valence-corrected chi connectivity index (χ4v) is 3.12. The van der Waals surface area contributed by atoms with Crippen LogP contribution in [0.5, 0.6) is 0 Å². The second kappa shape index (κ2) is 10.3. The zero-order valence-electron chi connectivity index (χ0n) is 12.5. The Labute approximate surface area is 148 Å². The SMILES string of the molecule is Cl.O=C(CCC1CCNC1)NCCCc1ccc(Cl)cc1Cl. The third-order valence-corrected chi connectivity index (χ3v) is 4.49. The molecule has 1 aliphatic heterocycles. The van der Waals surface area contributed by atoms with Gasteiger partial charge in [-0.1, -0.05) is 29.3 Å². The summed E-state index contributed by atoms with van der Waals surface area (Å²) in [7, 11) is 0. The van der Waals surface area contributed by atoms with Gasteiger partial charge < -0.3 is 10.6 Å². The molecule has 0 aromatic heterocycles. The minimum Gasteiger partial charge on any atom is -0.356 e.